The van der Waals surface area contributed by atoms with Crippen LogP contribution in [0.4, 0.5) is 4.79 Å². The topological polar surface area (TPSA) is 101 Å². The van der Waals surface area contributed by atoms with Crippen molar-refractivity contribution < 1.29 is 24.2 Å². The van der Waals surface area contributed by atoms with Gasteiger partial charge in [0.1, 0.15) is 5.60 Å². The normalized spacial score (nSPS) is 11.4. The predicted octanol–water partition coefficient (Wildman–Crippen LogP) is 3.41. The van der Waals surface area contributed by atoms with E-state index in [1.807, 2.05) is 52.9 Å². The lowest BCUT2D eigenvalue weighted by Gasteiger charge is -2.28. The van der Waals surface area contributed by atoms with Crippen LogP contribution in [0.3, 0.4) is 0 Å². The predicted molar refractivity (Wildman–Crippen MR) is 105 cm³/mol. The van der Waals surface area contributed by atoms with Crippen LogP contribution in [0.1, 0.15) is 50.5 Å². The zero-order valence-corrected chi connectivity index (χ0v) is 17.1. The molecule has 7 nitrogen and oxygen atoms in total. The summed E-state index contributed by atoms with van der Waals surface area (Å²) in [6.07, 6.45) is 1.99. The second-order valence-electron chi connectivity index (χ2n) is 7.72. The van der Waals surface area contributed by atoms with Gasteiger partial charge in [-0.05, 0) is 52.7 Å². The van der Waals surface area contributed by atoms with Gasteiger partial charge in [0.15, 0.2) is 0 Å². The number of aliphatic hydroxyl groups is 1. The minimum absolute atomic E-state index is 0.384. The monoisotopic (exact) mass is 378 g/mol. The van der Waals surface area contributed by atoms with Gasteiger partial charge in [0.2, 0.25) is 0 Å². The third-order valence-corrected chi connectivity index (χ3v) is 3.68. The van der Waals surface area contributed by atoms with Crippen LogP contribution in [0.2, 0.25) is 0 Å². The number of carbonyl (C=O) groups is 2. The van der Waals surface area contributed by atoms with Crippen molar-refractivity contribution in [2.75, 3.05) is 14.2 Å². The van der Waals surface area contributed by atoms with Crippen molar-refractivity contribution in [1.82, 2.24) is 10.3 Å². The van der Waals surface area contributed by atoms with Gasteiger partial charge < -0.3 is 24.9 Å². The summed E-state index contributed by atoms with van der Waals surface area (Å²) >= 11 is 0. The molecule has 0 unspecified atom stereocenters. The number of hydrogen-bond acceptors (Lipinski definition) is 5. The quantitative estimate of drug-likeness (QED) is 0.708. The Labute approximate surface area is 160 Å². The fourth-order valence-electron chi connectivity index (χ4n) is 2.74. The first-order valence-corrected chi connectivity index (χ1v) is 8.65. The van der Waals surface area contributed by atoms with Crippen molar-refractivity contribution in [3.63, 3.8) is 0 Å². The lowest BCUT2D eigenvalue weighted by molar-refractivity contribution is 0.0471. The second kappa shape index (κ2) is 8.90. The molecule has 1 aromatic carbocycles. The Morgan fingerprint density at radius 1 is 1.15 bits per heavy atom. The van der Waals surface area contributed by atoms with Gasteiger partial charge in [-0.1, -0.05) is 12.1 Å². The third-order valence-electron chi connectivity index (χ3n) is 3.68. The molecular weight excluding hydrogens is 348 g/mol. The summed E-state index contributed by atoms with van der Waals surface area (Å²) in [4.78, 5) is 27.1. The maximum absolute atomic E-state index is 12.0. The third kappa shape index (κ3) is 6.29. The van der Waals surface area contributed by atoms with Crippen LogP contribution in [-0.2, 0) is 15.9 Å². The molecule has 7 heteroatoms. The number of ether oxygens (including phenoxy) is 2. The molecule has 0 radical (unpaired) electrons. The molecule has 0 atom stereocenters. The molecule has 1 amide bonds. The Morgan fingerprint density at radius 3 is 2.33 bits per heavy atom. The van der Waals surface area contributed by atoms with Gasteiger partial charge in [0.05, 0.1) is 18.2 Å². The molecular formula is C20H30N2O5. The fourth-order valence-corrected chi connectivity index (χ4v) is 2.74. The summed E-state index contributed by atoms with van der Waals surface area (Å²) in [5.74, 6) is -0.384. The number of benzene rings is 1. The number of aromatic amines is 1. The molecule has 0 aliphatic heterocycles. The first-order chi connectivity index (χ1) is 12.5. The molecule has 0 fully saturated rings. The first kappa shape index (κ1) is 22.5. The smallest absolute Gasteiger partial charge is 0.408 e. The molecule has 0 saturated heterocycles. The first-order valence-electron chi connectivity index (χ1n) is 8.65. The highest BCUT2D eigenvalue weighted by molar-refractivity contribution is 6.03. The van der Waals surface area contributed by atoms with E-state index in [4.69, 9.17) is 14.6 Å². The molecule has 0 saturated carbocycles. The molecule has 0 aliphatic carbocycles. The molecule has 3 N–H and O–H groups in total. The number of aromatic nitrogens is 1. The van der Waals surface area contributed by atoms with Crippen LogP contribution in [0, 0.1) is 0 Å². The van der Waals surface area contributed by atoms with Gasteiger partial charge >= 0.3 is 12.1 Å². The van der Waals surface area contributed by atoms with Crippen LogP contribution in [0.15, 0.2) is 24.4 Å². The Kier molecular flexibility index (Phi) is 7.42. The average molecular weight is 378 g/mol. The number of alkyl carbamates (subject to hydrolysis) is 1. The SMILES string of the molecule is CO.COC(=O)c1cccc2c(CC(C)(C)NC(=O)OC(C)(C)C)c[nH]c12. The maximum atomic E-state index is 12.0. The molecule has 2 aromatic rings. The summed E-state index contributed by atoms with van der Waals surface area (Å²) in [7, 11) is 2.36. The van der Waals surface area contributed by atoms with Crippen LogP contribution in [0.5, 0.6) is 0 Å². The molecule has 0 aliphatic rings. The standard InChI is InChI=1S/C19H26N2O4.CH4O/c1-18(2,3)25-17(23)21-19(4,5)10-12-11-20-15-13(12)8-7-9-14(15)16(22)24-6;1-2/h7-9,11,20H,10H2,1-6H3,(H,21,23);2H,1H3. The van der Waals surface area contributed by atoms with Gasteiger partial charge in [0, 0.05) is 24.2 Å². The van der Waals surface area contributed by atoms with E-state index >= 15 is 0 Å². The molecule has 27 heavy (non-hydrogen) atoms. The number of fused-ring (bicyclic) bond motifs is 1. The Hall–Kier alpha value is -2.54. The number of aliphatic hydroxyl groups excluding tert-OH is 1. The zero-order chi connectivity index (χ0) is 20.8. The van der Waals surface area contributed by atoms with E-state index in [1.54, 1.807) is 6.07 Å². The van der Waals surface area contributed by atoms with Crippen molar-refractivity contribution in [2.24, 2.45) is 0 Å². The summed E-state index contributed by atoms with van der Waals surface area (Å²) in [6.45, 7) is 9.34. The second-order valence-corrected chi connectivity index (χ2v) is 7.72. The number of para-hydroxylation sites is 1. The number of H-pyrrole nitrogens is 1. The molecule has 0 spiro atoms. The maximum Gasteiger partial charge on any atom is 0.408 e. The number of rotatable bonds is 4. The van der Waals surface area contributed by atoms with Crippen molar-refractivity contribution in [3.8, 4) is 0 Å². The van der Waals surface area contributed by atoms with E-state index in [2.05, 4.69) is 10.3 Å². The minimum atomic E-state index is -0.545. The number of hydrogen-bond donors (Lipinski definition) is 3. The van der Waals surface area contributed by atoms with Gasteiger partial charge in [-0.25, -0.2) is 9.59 Å². The molecule has 150 valence electrons. The number of methoxy groups -OCH3 is 1. The van der Waals surface area contributed by atoms with E-state index in [9.17, 15) is 9.59 Å². The van der Waals surface area contributed by atoms with E-state index in [0.717, 1.165) is 23.6 Å². The minimum Gasteiger partial charge on any atom is -0.465 e. The number of esters is 1. The fraction of sp³-hybridized carbons (Fsp3) is 0.500. The number of nitrogens with one attached hydrogen (secondary N) is 2. The Balaban J connectivity index is 0.00000176. The lowest BCUT2D eigenvalue weighted by Crippen LogP contribution is -2.47. The average Bonchev–Trinajstić information content (AvgIpc) is 2.96. The summed E-state index contributed by atoms with van der Waals surface area (Å²) in [6, 6.07) is 5.48. The zero-order valence-electron chi connectivity index (χ0n) is 17.1. The summed E-state index contributed by atoms with van der Waals surface area (Å²) in [5.41, 5.74) is 1.16. The highest BCUT2D eigenvalue weighted by atomic mass is 16.6. The lowest BCUT2D eigenvalue weighted by atomic mass is 9.94. The molecule has 1 aromatic heterocycles. The van der Waals surface area contributed by atoms with Crippen LogP contribution < -0.4 is 5.32 Å². The van der Waals surface area contributed by atoms with Crippen LogP contribution in [-0.4, -0.2) is 47.5 Å². The van der Waals surface area contributed by atoms with Gasteiger partial charge in [0.25, 0.3) is 0 Å². The van der Waals surface area contributed by atoms with E-state index in [-0.39, 0.29) is 5.97 Å². The number of carbonyl (C=O) groups excluding carboxylic acids is 2. The van der Waals surface area contributed by atoms with E-state index < -0.39 is 17.2 Å². The van der Waals surface area contributed by atoms with Gasteiger partial charge in [-0.2, -0.15) is 0 Å². The van der Waals surface area contributed by atoms with Gasteiger partial charge in [-0.15, -0.1) is 0 Å². The van der Waals surface area contributed by atoms with Crippen molar-refractivity contribution >= 4 is 23.0 Å². The summed E-state index contributed by atoms with van der Waals surface area (Å²) < 4.78 is 10.1. The van der Waals surface area contributed by atoms with Crippen LogP contribution in [0.25, 0.3) is 10.9 Å². The highest BCUT2D eigenvalue weighted by Gasteiger charge is 2.26. The van der Waals surface area contributed by atoms with Crippen LogP contribution >= 0.6 is 0 Å². The summed E-state index contributed by atoms with van der Waals surface area (Å²) in [5, 5.41) is 10.8. The Bertz CT molecular complexity index is 787. The van der Waals surface area contributed by atoms with E-state index in [1.165, 1.54) is 7.11 Å². The van der Waals surface area contributed by atoms with Crippen molar-refractivity contribution in [1.29, 1.82) is 0 Å². The Morgan fingerprint density at radius 2 is 1.78 bits per heavy atom. The van der Waals surface area contributed by atoms with E-state index in [0.29, 0.717) is 12.0 Å². The molecule has 1 heterocycles. The number of amides is 1. The van der Waals surface area contributed by atoms with Crippen molar-refractivity contribution in [3.05, 3.63) is 35.5 Å². The van der Waals surface area contributed by atoms with Crippen molar-refractivity contribution in [2.45, 2.75) is 52.2 Å². The highest BCUT2D eigenvalue weighted by Crippen LogP contribution is 2.25. The van der Waals surface area contributed by atoms with Gasteiger partial charge in [-0.3, -0.25) is 0 Å². The molecule has 0 bridgehead atoms. The molecule has 2 rings (SSSR count). The largest absolute Gasteiger partial charge is 0.465 e.